The highest BCUT2D eigenvalue weighted by Crippen LogP contribution is 2.28. The first kappa shape index (κ1) is 15.4. The van der Waals surface area contributed by atoms with Crippen molar-refractivity contribution < 1.29 is 8.42 Å². The molecular weight excluding hydrogens is 306 g/mol. The summed E-state index contributed by atoms with van der Waals surface area (Å²) in [6, 6.07) is 0.581. The maximum absolute atomic E-state index is 12.7. The van der Waals surface area contributed by atoms with Crippen molar-refractivity contribution in [3.8, 4) is 0 Å². The minimum absolute atomic E-state index is 0.478. The van der Waals surface area contributed by atoms with E-state index < -0.39 is 10.0 Å². The van der Waals surface area contributed by atoms with Crippen molar-refractivity contribution in [2.75, 3.05) is 13.1 Å². The molecule has 0 atom stereocenters. The summed E-state index contributed by atoms with van der Waals surface area (Å²) in [6.07, 6.45) is 5.71. The lowest BCUT2D eigenvalue weighted by atomic mass is 10.2. The van der Waals surface area contributed by atoms with E-state index in [1.54, 1.807) is 0 Å². The number of nitrogens with zero attached hydrogens (tertiary/aromatic N) is 1. The van der Waals surface area contributed by atoms with Gasteiger partial charge in [-0.15, -0.1) is 16.2 Å². The number of aryl methyl sites for hydroxylation is 1. The molecule has 1 aliphatic heterocycles. The quantitative estimate of drug-likeness (QED) is 0.838. The summed E-state index contributed by atoms with van der Waals surface area (Å²) in [4.78, 5) is 4.16. The Morgan fingerprint density at radius 1 is 1.29 bits per heavy atom. The van der Waals surface area contributed by atoms with Gasteiger partial charge in [0.15, 0.2) is 0 Å². The van der Waals surface area contributed by atoms with Crippen molar-refractivity contribution >= 4 is 21.4 Å². The molecule has 2 N–H and O–H groups in total. The fraction of sp³-hybridized carbons (Fsp3) is 0.714. The molecule has 0 radical (unpaired) electrons. The Bertz CT molecular complexity index is 587. The predicted molar refractivity (Wildman–Crippen MR) is 84.7 cm³/mol. The summed E-state index contributed by atoms with van der Waals surface area (Å²) in [5, 5.41) is 7.19. The van der Waals surface area contributed by atoms with Crippen LogP contribution in [-0.4, -0.2) is 32.6 Å². The van der Waals surface area contributed by atoms with Gasteiger partial charge in [-0.2, -0.15) is 0 Å². The summed E-state index contributed by atoms with van der Waals surface area (Å²) in [5.74, 6) is 0. The van der Waals surface area contributed by atoms with Gasteiger partial charge in [0.05, 0.1) is 0 Å². The highest BCUT2D eigenvalue weighted by molar-refractivity contribution is 7.89. The van der Waals surface area contributed by atoms with Gasteiger partial charge in [-0.25, -0.2) is 13.4 Å². The molecule has 1 saturated heterocycles. The minimum Gasteiger partial charge on any atom is -0.309 e. The molecule has 1 aromatic rings. The van der Waals surface area contributed by atoms with Crippen molar-refractivity contribution in [1.82, 2.24) is 15.2 Å². The summed E-state index contributed by atoms with van der Waals surface area (Å²) < 4.78 is 25.4. The number of rotatable bonds is 6. The summed E-state index contributed by atoms with van der Waals surface area (Å²) in [6.45, 7) is 4.14. The van der Waals surface area contributed by atoms with Crippen LogP contribution in [0.3, 0.4) is 0 Å². The lowest BCUT2D eigenvalue weighted by Crippen LogP contribution is -2.45. The van der Waals surface area contributed by atoms with Crippen LogP contribution in [0.25, 0.3) is 0 Å². The molecular formula is C14H23N3O2S2. The van der Waals surface area contributed by atoms with Crippen LogP contribution in [0.1, 0.15) is 42.5 Å². The van der Waals surface area contributed by atoms with Crippen molar-refractivity contribution in [3.63, 3.8) is 0 Å². The first-order valence-electron chi connectivity index (χ1n) is 7.64. The van der Waals surface area contributed by atoms with Gasteiger partial charge in [0.2, 0.25) is 0 Å². The fourth-order valence-corrected chi connectivity index (χ4v) is 5.58. The summed E-state index contributed by atoms with van der Waals surface area (Å²) in [7, 11) is -3.46. The second-order valence-electron chi connectivity index (χ2n) is 5.97. The first-order valence-corrected chi connectivity index (χ1v) is 10.0. The van der Waals surface area contributed by atoms with E-state index in [2.05, 4.69) is 10.1 Å². The van der Waals surface area contributed by atoms with Gasteiger partial charge in [-0.3, -0.25) is 0 Å². The Kier molecular flexibility index (Phi) is 4.66. The largest absolute Gasteiger partial charge is 0.309 e. The van der Waals surface area contributed by atoms with Gasteiger partial charge >= 0.3 is 0 Å². The van der Waals surface area contributed by atoms with Gasteiger partial charge in [0, 0.05) is 30.6 Å². The van der Waals surface area contributed by atoms with Gasteiger partial charge in [-0.1, -0.05) is 6.42 Å². The number of hydrogen-bond acceptors (Lipinski definition) is 5. The van der Waals surface area contributed by atoms with E-state index in [4.69, 9.17) is 0 Å². The van der Waals surface area contributed by atoms with Crippen LogP contribution in [0.15, 0.2) is 10.3 Å². The number of thiophene rings is 1. The van der Waals surface area contributed by atoms with Crippen LogP contribution in [-0.2, 0) is 16.6 Å². The molecule has 0 spiro atoms. The van der Waals surface area contributed by atoms with Crippen LogP contribution >= 0.6 is 11.3 Å². The zero-order chi connectivity index (χ0) is 14.9. The van der Waals surface area contributed by atoms with Gasteiger partial charge in [0.1, 0.15) is 4.90 Å². The second-order valence-corrected chi connectivity index (χ2v) is 8.53. The normalized spacial score (nSPS) is 20.8. The van der Waals surface area contributed by atoms with E-state index in [1.807, 2.05) is 17.3 Å². The molecule has 1 aliphatic carbocycles. The average molecular weight is 329 g/mol. The number of sulfonamides is 1. The Morgan fingerprint density at radius 2 is 2.00 bits per heavy atom. The summed E-state index contributed by atoms with van der Waals surface area (Å²) >= 11 is 1.53. The van der Waals surface area contributed by atoms with Crippen molar-refractivity contribution in [2.24, 2.45) is 0 Å². The number of nitrogens with one attached hydrogen (secondary N) is 2. The molecule has 1 saturated carbocycles. The zero-order valence-electron chi connectivity index (χ0n) is 12.4. The van der Waals surface area contributed by atoms with E-state index in [0.717, 1.165) is 36.4 Å². The zero-order valence-corrected chi connectivity index (χ0v) is 14.0. The molecule has 118 valence electrons. The van der Waals surface area contributed by atoms with Crippen molar-refractivity contribution in [1.29, 1.82) is 0 Å². The van der Waals surface area contributed by atoms with E-state index >= 15 is 0 Å². The molecule has 1 aromatic heterocycles. The highest BCUT2D eigenvalue weighted by Gasteiger charge is 2.27. The third-order valence-corrected chi connectivity index (χ3v) is 6.83. The van der Waals surface area contributed by atoms with E-state index in [1.165, 1.54) is 30.6 Å². The molecule has 2 heterocycles. The van der Waals surface area contributed by atoms with Crippen LogP contribution in [0.2, 0.25) is 0 Å². The smallest absolute Gasteiger partial charge is 0.254 e. The standard InChI is InChI=1S/C14H23N3O2S2/c1-11-10-20-13(9-15-12-5-6-12)14(11)21(18,19)16-17-7-3-2-4-8-17/h10,12,15-16H,2-9H2,1H3. The van der Waals surface area contributed by atoms with Crippen LogP contribution in [0, 0.1) is 6.92 Å². The van der Waals surface area contributed by atoms with E-state index in [-0.39, 0.29) is 0 Å². The Balaban J connectivity index is 1.74. The third kappa shape index (κ3) is 3.84. The highest BCUT2D eigenvalue weighted by atomic mass is 32.2. The molecule has 2 aliphatic rings. The molecule has 3 rings (SSSR count). The molecule has 0 unspecified atom stereocenters. The maximum atomic E-state index is 12.7. The molecule has 21 heavy (non-hydrogen) atoms. The van der Waals surface area contributed by atoms with Gasteiger partial charge in [0.25, 0.3) is 10.0 Å². The summed E-state index contributed by atoms with van der Waals surface area (Å²) in [5.41, 5.74) is 0.845. The van der Waals surface area contributed by atoms with E-state index in [0.29, 0.717) is 17.5 Å². The first-order chi connectivity index (χ1) is 10.1. The monoisotopic (exact) mass is 329 g/mol. The topological polar surface area (TPSA) is 61.4 Å². The van der Waals surface area contributed by atoms with Crippen LogP contribution < -0.4 is 10.1 Å². The van der Waals surface area contributed by atoms with Crippen molar-refractivity contribution in [3.05, 3.63) is 15.8 Å². The third-order valence-electron chi connectivity index (χ3n) is 3.99. The Hall–Kier alpha value is -0.470. The molecule has 7 heteroatoms. The molecule has 0 aromatic carbocycles. The lowest BCUT2D eigenvalue weighted by molar-refractivity contribution is 0.200. The minimum atomic E-state index is -3.46. The molecule has 5 nitrogen and oxygen atoms in total. The lowest BCUT2D eigenvalue weighted by Gasteiger charge is -2.26. The number of hydrazine groups is 1. The Labute approximate surface area is 130 Å². The molecule has 2 fully saturated rings. The van der Waals surface area contributed by atoms with Crippen molar-refractivity contribution in [2.45, 2.75) is 56.5 Å². The van der Waals surface area contributed by atoms with Gasteiger partial charge < -0.3 is 5.32 Å². The Morgan fingerprint density at radius 3 is 2.67 bits per heavy atom. The van der Waals surface area contributed by atoms with E-state index in [9.17, 15) is 8.42 Å². The number of hydrogen-bond donors (Lipinski definition) is 2. The van der Waals surface area contributed by atoms with Gasteiger partial charge in [-0.05, 0) is 43.6 Å². The van der Waals surface area contributed by atoms with Crippen LogP contribution in [0.5, 0.6) is 0 Å². The average Bonchev–Trinajstić information content (AvgIpc) is 3.19. The SMILES string of the molecule is Cc1csc(CNC2CC2)c1S(=O)(=O)NN1CCCCC1. The molecule has 0 amide bonds. The predicted octanol–water partition coefficient (Wildman–Crippen LogP) is 1.99. The fourth-order valence-electron chi connectivity index (χ4n) is 2.70. The number of piperidine rings is 1. The van der Waals surface area contributed by atoms with Crippen LogP contribution in [0.4, 0.5) is 0 Å². The second kappa shape index (κ2) is 6.34. The maximum Gasteiger partial charge on any atom is 0.254 e. The molecule has 0 bridgehead atoms.